The summed E-state index contributed by atoms with van der Waals surface area (Å²) in [6.07, 6.45) is 5.02. The highest BCUT2D eigenvalue weighted by Gasteiger charge is 2.25. The Morgan fingerprint density at radius 1 is 1.10 bits per heavy atom. The summed E-state index contributed by atoms with van der Waals surface area (Å²) in [5.41, 5.74) is 1.11. The van der Waals surface area contributed by atoms with E-state index in [1.165, 1.54) is 25.7 Å². The van der Waals surface area contributed by atoms with E-state index >= 15 is 0 Å². The lowest BCUT2D eigenvalue weighted by Gasteiger charge is -2.32. The van der Waals surface area contributed by atoms with Crippen molar-refractivity contribution in [3.8, 4) is 0 Å². The molecule has 2 heterocycles. The Balaban J connectivity index is 1.87. The SMILES string of the molecule is CN1CCN(c2nc(Cl)c(Br)c(C3CCCC3)n2)CC1. The zero-order valence-electron chi connectivity index (χ0n) is 11.8. The topological polar surface area (TPSA) is 32.3 Å². The van der Waals surface area contributed by atoms with Crippen LogP contribution in [0, 0.1) is 0 Å². The lowest BCUT2D eigenvalue weighted by atomic mass is 10.0. The summed E-state index contributed by atoms with van der Waals surface area (Å²) in [5.74, 6) is 1.34. The van der Waals surface area contributed by atoms with Gasteiger partial charge in [-0.2, -0.15) is 4.98 Å². The molecular formula is C14H20BrClN4. The van der Waals surface area contributed by atoms with Gasteiger partial charge in [0.15, 0.2) is 0 Å². The van der Waals surface area contributed by atoms with Crippen molar-refractivity contribution < 1.29 is 0 Å². The molecule has 1 aromatic rings. The fraction of sp³-hybridized carbons (Fsp3) is 0.714. The van der Waals surface area contributed by atoms with Gasteiger partial charge in [0, 0.05) is 32.1 Å². The van der Waals surface area contributed by atoms with Crippen LogP contribution in [-0.2, 0) is 0 Å². The first kappa shape index (κ1) is 14.5. The van der Waals surface area contributed by atoms with Gasteiger partial charge in [-0.25, -0.2) is 4.98 Å². The molecule has 0 atom stereocenters. The molecule has 110 valence electrons. The van der Waals surface area contributed by atoms with Crippen LogP contribution < -0.4 is 4.90 Å². The molecular weight excluding hydrogens is 340 g/mol. The van der Waals surface area contributed by atoms with Crippen molar-refractivity contribution in [1.29, 1.82) is 0 Å². The molecule has 0 aromatic carbocycles. The quantitative estimate of drug-likeness (QED) is 0.758. The van der Waals surface area contributed by atoms with Gasteiger partial charge in [-0.3, -0.25) is 0 Å². The maximum Gasteiger partial charge on any atom is 0.227 e. The average Bonchev–Trinajstić information content (AvgIpc) is 2.96. The Hall–Kier alpha value is -0.390. The summed E-state index contributed by atoms with van der Waals surface area (Å²) >= 11 is 9.88. The number of piperazine rings is 1. The highest BCUT2D eigenvalue weighted by atomic mass is 79.9. The van der Waals surface area contributed by atoms with Crippen LogP contribution in [0.2, 0.25) is 5.15 Å². The van der Waals surface area contributed by atoms with Crippen LogP contribution in [0.5, 0.6) is 0 Å². The standard InChI is InChI=1S/C14H20BrClN4/c1-19-6-8-20(9-7-19)14-17-12(10-4-2-3-5-10)11(15)13(16)18-14/h10H,2-9H2,1H3. The number of nitrogens with zero attached hydrogens (tertiary/aromatic N) is 4. The van der Waals surface area contributed by atoms with E-state index in [1.54, 1.807) is 0 Å². The fourth-order valence-electron chi connectivity index (χ4n) is 3.04. The molecule has 2 fully saturated rings. The van der Waals surface area contributed by atoms with Crippen molar-refractivity contribution in [1.82, 2.24) is 14.9 Å². The van der Waals surface area contributed by atoms with Gasteiger partial charge >= 0.3 is 0 Å². The lowest BCUT2D eigenvalue weighted by molar-refractivity contribution is 0.311. The van der Waals surface area contributed by atoms with E-state index in [0.29, 0.717) is 11.1 Å². The van der Waals surface area contributed by atoms with E-state index in [1.807, 2.05) is 0 Å². The Morgan fingerprint density at radius 2 is 1.75 bits per heavy atom. The average molecular weight is 360 g/mol. The molecule has 1 saturated carbocycles. The molecule has 20 heavy (non-hydrogen) atoms. The van der Waals surface area contributed by atoms with Gasteiger partial charge in [0.25, 0.3) is 0 Å². The predicted molar refractivity (Wildman–Crippen MR) is 85.7 cm³/mol. The third-order valence-electron chi connectivity index (χ3n) is 4.35. The summed E-state index contributed by atoms with van der Waals surface area (Å²) in [6.45, 7) is 4.04. The van der Waals surface area contributed by atoms with Crippen molar-refractivity contribution >= 4 is 33.5 Å². The van der Waals surface area contributed by atoms with Crippen LogP contribution in [0.4, 0.5) is 5.95 Å². The molecule has 4 nitrogen and oxygen atoms in total. The van der Waals surface area contributed by atoms with E-state index in [4.69, 9.17) is 16.6 Å². The molecule has 1 aromatic heterocycles. The predicted octanol–water partition coefficient (Wildman–Crippen LogP) is 3.30. The summed E-state index contributed by atoms with van der Waals surface area (Å²) in [4.78, 5) is 13.9. The maximum atomic E-state index is 6.31. The van der Waals surface area contributed by atoms with Gasteiger partial charge in [0.2, 0.25) is 5.95 Å². The molecule has 3 rings (SSSR count). The van der Waals surface area contributed by atoms with Gasteiger partial charge in [-0.1, -0.05) is 24.4 Å². The first-order valence-electron chi connectivity index (χ1n) is 7.31. The molecule has 0 bridgehead atoms. The number of halogens is 2. The van der Waals surface area contributed by atoms with Crippen molar-refractivity contribution in [2.45, 2.75) is 31.6 Å². The molecule has 0 unspecified atom stereocenters. The van der Waals surface area contributed by atoms with Gasteiger partial charge < -0.3 is 9.80 Å². The minimum absolute atomic E-state index is 0.538. The zero-order chi connectivity index (χ0) is 14.1. The van der Waals surface area contributed by atoms with Crippen molar-refractivity contribution in [3.63, 3.8) is 0 Å². The molecule has 0 amide bonds. The van der Waals surface area contributed by atoms with E-state index in [-0.39, 0.29) is 0 Å². The third-order valence-corrected chi connectivity index (χ3v) is 5.64. The molecule has 1 saturated heterocycles. The second-order valence-corrected chi connectivity index (χ2v) is 6.94. The summed E-state index contributed by atoms with van der Waals surface area (Å²) in [6, 6.07) is 0. The first-order chi connectivity index (χ1) is 9.65. The smallest absolute Gasteiger partial charge is 0.227 e. The van der Waals surface area contributed by atoms with Gasteiger partial charge in [-0.15, -0.1) is 0 Å². The number of hydrogen-bond donors (Lipinski definition) is 0. The fourth-order valence-corrected chi connectivity index (χ4v) is 3.72. The van der Waals surface area contributed by atoms with Crippen LogP contribution in [0.25, 0.3) is 0 Å². The molecule has 0 N–H and O–H groups in total. The van der Waals surface area contributed by atoms with Crippen LogP contribution in [0.1, 0.15) is 37.3 Å². The molecule has 0 spiro atoms. The van der Waals surface area contributed by atoms with Crippen molar-refractivity contribution in [2.75, 3.05) is 38.1 Å². The Bertz CT molecular complexity index is 482. The van der Waals surface area contributed by atoms with Crippen LogP contribution >= 0.6 is 27.5 Å². The lowest BCUT2D eigenvalue weighted by Crippen LogP contribution is -2.45. The van der Waals surface area contributed by atoms with E-state index in [9.17, 15) is 0 Å². The van der Waals surface area contributed by atoms with E-state index < -0.39 is 0 Å². The first-order valence-corrected chi connectivity index (χ1v) is 8.48. The molecule has 6 heteroatoms. The third kappa shape index (κ3) is 2.95. The number of anilines is 1. The number of hydrogen-bond acceptors (Lipinski definition) is 4. The Kier molecular flexibility index (Phi) is 4.48. The van der Waals surface area contributed by atoms with E-state index in [0.717, 1.165) is 42.3 Å². The largest absolute Gasteiger partial charge is 0.338 e. The monoisotopic (exact) mass is 358 g/mol. The molecule has 2 aliphatic rings. The van der Waals surface area contributed by atoms with E-state index in [2.05, 4.69) is 37.8 Å². The highest BCUT2D eigenvalue weighted by molar-refractivity contribution is 9.10. The number of aromatic nitrogens is 2. The molecule has 1 aliphatic carbocycles. The maximum absolute atomic E-state index is 6.31. The van der Waals surface area contributed by atoms with Gasteiger partial charge in [-0.05, 0) is 35.8 Å². The molecule has 0 radical (unpaired) electrons. The van der Waals surface area contributed by atoms with Gasteiger partial charge in [0.05, 0.1) is 10.2 Å². The Morgan fingerprint density at radius 3 is 2.40 bits per heavy atom. The second kappa shape index (κ2) is 6.16. The van der Waals surface area contributed by atoms with Crippen LogP contribution in [0.3, 0.4) is 0 Å². The summed E-state index contributed by atoms with van der Waals surface area (Å²) in [5, 5.41) is 0.552. The minimum Gasteiger partial charge on any atom is -0.338 e. The van der Waals surface area contributed by atoms with Gasteiger partial charge in [0.1, 0.15) is 5.15 Å². The summed E-state index contributed by atoms with van der Waals surface area (Å²) < 4.78 is 0.893. The van der Waals surface area contributed by atoms with Crippen molar-refractivity contribution in [2.24, 2.45) is 0 Å². The second-order valence-electron chi connectivity index (χ2n) is 5.79. The highest BCUT2D eigenvalue weighted by Crippen LogP contribution is 2.39. The minimum atomic E-state index is 0.538. The normalized spacial score (nSPS) is 21.6. The number of rotatable bonds is 2. The van der Waals surface area contributed by atoms with Crippen LogP contribution in [-0.4, -0.2) is 48.1 Å². The number of likely N-dealkylation sites (N-methyl/N-ethyl adjacent to an activating group) is 1. The van der Waals surface area contributed by atoms with Crippen LogP contribution in [0.15, 0.2) is 4.47 Å². The summed E-state index contributed by atoms with van der Waals surface area (Å²) in [7, 11) is 2.15. The van der Waals surface area contributed by atoms with Crippen molar-refractivity contribution in [3.05, 3.63) is 15.3 Å². The molecule has 1 aliphatic heterocycles. The zero-order valence-corrected chi connectivity index (χ0v) is 14.1. The Labute approximate surface area is 133 Å².